The number of hydrogen-bond donors (Lipinski definition) is 1. The van der Waals surface area contributed by atoms with Crippen LogP contribution in [0, 0.1) is 5.92 Å². The number of carbonyl (C=O) groups excluding carboxylic acids is 1. The van der Waals surface area contributed by atoms with Crippen LogP contribution in [0.25, 0.3) is 0 Å². The molecule has 0 saturated carbocycles. The number of carboxylic acids is 1. The highest BCUT2D eigenvalue weighted by atomic mass is 32.2. The molecule has 106 valence electrons. The Balaban J connectivity index is 4.02. The molecule has 18 heavy (non-hydrogen) atoms. The molecule has 5 heteroatoms. The fourth-order valence-electron chi connectivity index (χ4n) is 1.45. The maximum atomic E-state index is 12.0. The maximum Gasteiger partial charge on any atom is 0.305 e. The topological polar surface area (TPSA) is 57.6 Å². The number of nitrogens with zero attached hydrogens (tertiary/aromatic N) is 1. The van der Waals surface area contributed by atoms with Crippen LogP contribution in [0.4, 0.5) is 0 Å². The predicted molar refractivity (Wildman–Crippen MR) is 75.9 cm³/mol. The van der Waals surface area contributed by atoms with Gasteiger partial charge in [-0.3, -0.25) is 9.59 Å². The first-order valence-corrected chi connectivity index (χ1v) is 7.59. The summed E-state index contributed by atoms with van der Waals surface area (Å²) in [6, 6.07) is 0.0579. The second kappa shape index (κ2) is 9.25. The van der Waals surface area contributed by atoms with Gasteiger partial charge in [-0.05, 0) is 31.9 Å². The van der Waals surface area contributed by atoms with Gasteiger partial charge in [0.15, 0.2) is 0 Å². The minimum atomic E-state index is -0.860. The Morgan fingerprint density at radius 1 is 1.22 bits per heavy atom. The zero-order valence-electron chi connectivity index (χ0n) is 11.8. The van der Waals surface area contributed by atoms with E-state index in [1.165, 1.54) is 0 Å². The lowest BCUT2D eigenvalue weighted by Gasteiger charge is -2.26. The van der Waals surface area contributed by atoms with Gasteiger partial charge >= 0.3 is 5.97 Å². The van der Waals surface area contributed by atoms with Gasteiger partial charge in [0.25, 0.3) is 0 Å². The monoisotopic (exact) mass is 275 g/mol. The van der Waals surface area contributed by atoms with Gasteiger partial charge in [0.05, 0.1) is 12.2 Å². The van der Waals surface area contributed by atoms with Crippen molar-refractivity contribution in [2.75, 3.05) is 18.1 Å². The number of rotatable bonds is 9. The average Bonchev–Trinajstić information content (AvgIpc) is 2.23. The Morgan fingerprint density at radius 3 is 2.28 bits per heavy atom. The second-order valence-electron chi connectivity index (χ2n) is 5.06. The molecule has 0 aromatic heterocycles. The van der Waals surface area contributed by atoms with E-state index in [-0.39, 0.29) is 18.4 Å². The highest BCUT2D eigenvalue weighted by Crippen LogP contribution is 2.11. The van der Waals surface area contributed by atoms with Crippen molar-refractivity contribution in [3.8, 4) is 0 Å². The van der Waals surface area contributed by atoms with Gasteiger partial charge in [-0.25, -0.2) is 0 Å². The Hall–Kier alpha value is -0.710. The lowest BCUT2D eigenvalue weighted by atomic mass is 10.2. The van der Waals surface area contributed by atoms with Crippen molar-refractivity contribution in [3.05, 3.63) is 0 Å². The summed E-state index contributed by atoms with van der Waals surface area (Å²) in [5, 5.41) is 8.66. The molecule has 0 aliphatic carbocycles. The van der Waals surface area contributed by atoms with E-state index in [9.17, 15) is 9.59 Å². The smallest absolute Gasteiger partial charge is 0.305 e. The van der Waals surface area contributed by atoms with E-state index < -0.39 is 5.97 Å². The highest BCUT2D eigenvalue weighted by molar-refractivity contribution is 7.99. The quantitative estimate of drug-likeness (QED) is 0.657. The van der Waals surface area contributed by atoms with Crippen LogP contribution in [0.3, 0.4) is 0 Å². The first-order chi connectivity index (χ1) is 8.34. The fraction of sp³-hybridized carbons (Fsp3) is 0.846. The van der Waals surface area contributed by atoms with Crippen LogP contribution in [-0.4, -0.2) is 46.0 Å². The van der Waals surface area contributed by atoms with Gasteiger partial charge in [0.1, 0.15) is 0 Å². The normalized spacial score (nSPS) is 11.0. The van der Waals surface area contributed by atoms with E-state index in [2.05, 4.69) is 13.8 Å². The largest absolute Gasteiger partial charge is 0.481 e. The van der Waals surface area contributed by atoms with Crippen LogP contribution in [0.5, 0.6) is 0 Å². The Kier molecular flexibility index (Phi) is 8.89. The van der Waals surface area contributed by atoms with Crippen molar-refractivity contribution in [2.45, 2.75) is 46.6 Å². The molecule has 0 fully saturated rings. The van der Waals surface area contributed by atoms with Gasteiger partial charge < -0.3 is 10.0 Å². The fourth-order valence-corrected chi connectivity index (χ4v) is 2.57. The SMILES string of the molecule is CC(C)CCSCC(=O)N(CCC(=O)O)C(C)C. The van der Waals surface area contributed by atoms with Crippen molar-refractivity contribution >= 4 is 23.6 Å². The molecular formula is C13H25NO3S. The molecule has 0 spiro atoms. The average molecular weight is 275 g/mol. The number of thioether (sulfide) groups is 1. The molecular weight excluding hydrogens is 250 g/mol. The molecule has 0 heterocycles. The summed E-state index contributed by atoms with van der Waals surface area (Å²) in [6.07, 6.45) is 1.12. The number of hydrogen-bond acceptors (Lipinski definition) is 3. The highest BCUT2D eigenvalue weighted by Gasteiger charge is 2.17. The Morgan fingerprint density at radius 2 is 1.83 bits per heavy atom. The molecule has 0 unspecified atom stereocenters. The van der Waals surface area contributed by atoms with Crippen LogP contribution in [0.2, 0.25) is 0 Å². The summed E-state index contributed by atoms with van der Waals surface area (Å²) >= 11 is 1.63. The summed E-state index contributed by atoms with van der Waals surface area (Å²) in [6.45, 7) is 8.46. The molecule has 0 saturated heterocycles. The van der Waals surface area contributed by atoms with Crippen molar-refractivity contribution in [2.24, 2.45) is 5.92 Å². The zero-order chi connectivity index (χ0) is 14.1. The molecule has 4 nitrogen and oxygen atoms in total. The molecule has 0 aromatic rings. The van der Waals surface area contributed by atoms with Gasteiger partial charge in [-0.15, -0.1) is 0 Å². The third kappa shape index (κ3) is 8.39. The van der Waals surface area contributed by atoms with Crippen LogP contribution in [-0.2, 0) is 9.59 Å². The lowest BCUT2D eigenvalue weighted by Crippen LogP contribution is -2.39. The molecule has 1 N–H and O–H groups in total. The van der Waals surface area contributed by atoms with Crippen molar-refractivity contribution < 1.29 is 14.7 Å². The van der Waals surface area contributed by atoms with Crippen molar-refractivity contribution in [1.29, 1.82) is 0 Å². The zero-order valence-corrected chi connectivity index (χ0v) is 12.6. The molecule has 0 bridgehead atoms. The molecule has 1 amide bonds. The van der Waals surface area contributed by atoms with Crippen molar-refractivity contribution in [1.82, 2.24) is 4.90 Å². The first kappa shape index (κ1) is 17.3. The van der Waals surface area contributed by atoms with Crippen molar-refractivity contribution in [3.63, 3.8) is 0 Å². The molecule has 0 atom stereocenters. The minimum Gasteiger partial charge on any atom is -0.481 e. The number of aliphatic carboxylic acids is 1. The third-order valence-corrected chi connectivity index (χ3v) is 3.55. The summed E-state index contributed by atoms with van der Waals surface area (Å²) in [4.78, 5) is 24.1. The summed E-state index contributed by atoms with van der Waals surface area (Å²) in [7, 11) is 0. The summed E-state index contributed by atoms with van der Waals surface area (Å²) in [5.74, 6) is 1.26. The van der Waals surface area contributed by atoms with E-state index >= 15 is 0 Å². The number of carboxylic acid groups (broad SMARTS) is 1. The van der Waals surface area contributed by atoms with Crippen LogP contribution in [0.15, 0.2) is 0 Å². The van der Waals surface area contributed by atoms with E-state index in [0.29, 0.717) is 18.2 Å². The molecule has 0 aliphatic heterocycles. The van der Waals surface area contributed by atoms with Crippen LogP contribution < -0.4 is 0 Å². The molecule has 0 radical (unpaired) electrons. The van der Waals surface area contributed by atoms with Crippen LogP contribution >= 0.6 is 11.8 Å². The predicted octanol–water partition coefficient (Wildman–Crippen LogP) is 2.48. The van der Waals surface area contributed by atoms with Crippen LogP contribution in [0.1, 0.15) is 40.5 Å². The van der Waals surface area contributed by atoms with E-state index in [0.717, 1.165) is 12.2 Å². The second-order valence-corrected chi connectivity index (χ2v) is 6.16. The van der Waals surface area contributed by atoms with E-state index in [1.54, 1.807) is 16.7 Å². The maximum absolute atomic E-state index is 12.0. The Labute approximate surface area is 114 Å². The lowest BCUT2D eigenvalue weighted by molar-refractivity contribution is -0.138. The molecule has 0 aliphatic rings. The Bertz CT molecular complexity index is 267. The minimum absolute atomic E-state index is 0.0145. The van der Waals surface area contributed by atoms with Gasteiger partial charge in [-0.2, -0.15) is 11.8 Å². The van der Waals surface area contributed by atoms with Gasteiger partial charge in [0, 0.05) is 12.6 Å². The summed E-state index contributed by atoms with van der Waals surface area (Å²) in [5.41, 5.74) is 0. The standard InChI is InChI=1S/C13H25NO3S/c1-10(2)6-8-18-9-12(15)14(11(3)4)7-5-13(16)17/h10-11H,5-9H2,1-4H3,(H,16,17). The van der Waals surface area contributed by atoms with Gasteiger partial charge in [-0.1, -0.05) is 13.8 Å². The molecule has 0 aromatic carbocycles. The van der Waals surface area contributed by atoms with E-state index in [4.69, 9.17) is 5.11 Å². The van der Waals surface area contributed by atoms with E-state index in [1.807, 2.05) is 13.8 Å². The molecule has 0 rings (SSSR count). The summed E-state index contributed by atoms with van der Waals surface area (Å²) < 4.78 is 0. The number of amides is 1. The van der Waals surface area contributed by atoms with Gasteiger partial charge in [0.2, 0.25) is 5.91 Å². The first-order valence-electron chi connectivity index (χ1n) is 6.43. The third-order valence-electron chi connectivity index (χ3n) is 2.58. The number of carbonyl (C=O) groups is 2.